The standard InChI is InChI=1S/C23H33ClO2/c1-2-3-4-6-9-16-25-22-13-11-21-19-23(14-12-20(21)18-22)26-17-10-7-5-8-15-24/h11-14,18-19H,2-10,15-17H2,1H3. The van der Waals surface area contributed by atoms with E-state index in [0.29, 0.717) is 0 Å². The Bertz CT molecular complexity index is 571. The molecule has 0 aliphatic rings. The van der Waals surface area contributed by atoms with Gasteiger partial charge in [0.05, 0.1) is 13.2 Å². The molecule has 2 aromatic rings. The van der Waals surface area contributed by atoms with Gasteiger partial charge in [0.2, 0.25) is 0 Å². The molecule has 26 heavy (non-hydrogen) atoms. The van der Waals surface area contributed by atoms with Crippen LogP contribution in [0, 0.1) is 0 Å². The van der Waals surface area contributed by atoms with E-state index in [2.05, 4.69) is 43.3 Å². The molecule has 0 amide bonds. The lowest BCUT2D eigenvalue weighted by Crippen LogP contribution is -1.98. The zero-order chi connectivity index (χ0) is 18.5. The SMILES string of the molecule is CCCCCCCOc1ccc2cc(OCCCCCCCl)ccc2c1. The zero-order valence-corrected chi connectivity index (χ0v) is 16.9. The van der Waals surface area contributed by atoms with E-state index in [9.17, 15) is 0 Å². The maximum atomic E-state index is 5.90. The third-order valence-corrected chi connectivity index (χ3v) is 4.86. The quantitative estimate of drug-likeness (QED) is 0.253. The monoisotopic (exact) mass is 376 g/mol. The van der Waals surface area contributed by atoms with Gasteiger partial charge < -0.3 is 9.47 Å². The average Bonchev–Trinajstić information content (AvgIpc) is 2.67. The molecule has 0 spiro atoms. The molecule has 0 heterocycles. The van der Waals surface area contributed by atoms with Crippen LogP contribution in [-0.4, -0.2) is 19.1 Å². The highest BCUT2D eigenvalue weighted by Crippen LogP contribution is 2.25. The number of ether oxygens (including phenoxy) is 2. The molecule has 3 heteroatoms. The number of hydrogen-bond acceptors (Lipinski definition) is 2. The van der Waals surface area contributed by atoms with E-state index in [1.165, 1.54) is 49.3 Å². The van der Waals surface area contributed by atoms with Crippen molar-refractivity contribution in [3.63, 3.8) is 0 Å². The van der Waals surface area contributed by atoms with Crippen molar-refractivity contribution >= 4 is 22.4 Å². The molecule has 0 bridgehead atoms. The Kier molecular flexibility index (Phi) is 10.3. The number of rotatable bonds is 14. The van der Waals surface area contributed by atoms with Gasteiger partial charge >= 0.3 is 0 Å². The molecule has 0 saturated heterocycles. The molecule has 0 saturated carbocycles. The Balaban J connectivity index is 1.76. The molecule has 144 valence electrons. The van der Waals surface area contributed by atoms with Crippen molar-refractivity contribution in [2.75, 3.05) is 19.1 Å². The molecule has 0 radical (unpaired) electrons. The fourth-order valence-corrected chi connectivity index (χ4v) is 3.21. The van der Waals surface area contributed by atoms with Crippen molar-refractivity contribution in [2.24, 2.45) is 0 Å². The predicted molar refractivity (Wildman–Crippen MR) is 113 cm³/mol. The molecular formula is C23H33ClO2. The lowest BCUT2D eigenvalue weighted by Gasteiger charge is -2.09. The highest BCUT2D eigenvalue weighted by molar-refractivity contribution is 6.17. The number of unbranched alkanes of at least 4 members (excludes halogenated alkanes) is 7. The molecule has 0 fully saturated rings. The van der Waals surface area contributed by atoms with Crippen LogP contribution < -0.4 is 9.47 Å². The molecule has 0 N–H and O–H groups in total. The van der Waals surface area contributed by atoms with E-state index in [0.717, 1.165) is 49.9 Å². The first kappa shape index (κ1) is 20.9. The van der Waals surface area contributed by atoms with Gasteiger partial charge in [0.25, 0.3) is 0 Å². The highest BCUT2D eigenvalue weighted by Gasteiger charge is 2.01. The summed E-state index contributed by atoms with van der Waals surface area (Å²) in [5.74, 6) is 2.66. The predicted octanol–water partition coefficient (Wildman–Crippen LogP) is 7.37. The number of fused-ring (bicyclic) bond motifs is 1. The molecule has 0 aromatic heterocycles. The van der Waals surface area contributed by atoms with Crippen LogP contribution in [0.5, 0.6) is 11.5 Å². The maximum Gasteiger partial charge on any atom is 0.119 e. The summed E-state index contributed by atoms with van der Waals surface area (Å²) in [4.78, 5) is 0. The van der Waals surface area contributed by atoms with Crippen LogP contribution >= 0.6 is 11.6 Å². The summed E-state index contributed by atoms with van der Waals surface area (Å²) >= 11 is 5.69. The Hall–Kier alpha value is -1.41. The topological polar surface area (TPSA) is 18.5 Å². The average molecular weight is 377 g/mol. The fraction of sp³-hybridized carbons (Fsp3) is 0.565. The van der Waals surface area contributed by atoms with Gasteiger partial charge in [-0.2, -0.15) is 0 Å². The van der Waals surface area contributed by atoms with Gasteiger partial charge in [-0.15, -0.1) is 11.6 Å². The molecular weight excluding hydrogens is 344 g/mol. The summed E-state index contributed by atoms with van der Waals surface area (Å²) in [6.45, 7) is 3.82. The Morgan fingerprint density at radius 3 is 1.65 bits per heavy atom. The van der Waals surface area contributed by atoms with Crippen molar-refractivity contribution in [3.05, 3.63) is 36.4 Å². The Morgan fingerprint density at radius 1 is 0.654 bits per heavy atom. The Morgan fingerprint density at radius 2 is 1.15 bits per heavy atom. The van der Waals surface area contributed by atoms with Crippen molar-refractivity contribution in [1.82, 2.24) is 0 Å². The third kappa shape index (κ3) is 7.86. The van der Waals surface area contributed by atoms with Crippen LogP contribution in [-0.2, 0) is 0 Å². The highest BCUT2D eigenvalue weighted by atomic mass is 35.5. The van der Waals surface area contributed by atoms with Gasteiger partial charge in [0.1, 0.15) is 11.5 Å². The second-order valence-electron chi connectivity index (χ2n) is 6.89. The summed E-state index contributed by atoms with van der Waals surface area (Å²) in [5, 5.41) is 2.39. The molecule has 0 unspecified atom stereocenters. The van der Waals surface area contributed by atoms with Crippen LogP contribution in [0.2, 0.25) is 0 Å². The minimum atomic E-state index is 0.760. The van der Waals surface area contributed by atoms with E-state index >= 15 is 0 Å². The summed E-state index contributed by atoms with van der Waals surface area (Å²) in [6.07, 6.45) is 10.9. The number of halogens is 1. The number of benzene rings is 2. The van der Waals surface area contributed by atoms with Crippen LogP contribution in [0.25, 0.3) is 10.8 Å². The summed E-state index contributed by atoms with van der Waals surface area (Å²) in [7, 11) is 0. The smallest absolute Gasteiger partial charge is 0.119 e. The van der Waals surface area contributed by atoms with E-state index in [1.807, 2.05) is 0 Å². The van der Waals surface area contributed by atoms with Crippen molar-refractivity contribution in [2.45, 2.75) is 64.7 Å². The lowest BCUT2D eigenvalue weighted by molar-refractivity contribution is 0.304. The van der Waals surface area contributed by atoms with E-state index < -0.39 is 0 Å². The molecule has 2 nitrogen and oxygen atoms in total. The van der Waals surface area contributed by atoms with Gasteiger partial charge in [0, 0.05) is 5.88 Å². The maximum absolute atomic E-state index is 5.90. The van der Waals surface area contributed by atoms with Gasteiger partial charge in [0.15, 0.2) is 0 Å². The van der Waals surface area contributed by atoms with E-state index in [1.54, 1.807) is 0 Å². The summed E-state index contributed by atoms with van der Waals surface area (Å²) in [6, 6.07) is 12.6. The van der Waals surface area contributed by atoms with E-state index in [4.69, 9.17) is 21.1 Å². The molecule has 0 atom stereocenters. The fourth-order valence-electron chi connectivity index (χ4n) is 3.02. The van der Waals surface area contributed by atoms with Crippen LogP contribution in [0.15, 0.2) is 36.4 Å². The number of alkyl halides is 1. The molecule has 2 aromatic carbocycles. The van der Waals surface area contributed by atoms with Crippen LogP contribution in [0.3, 0.4) is 0 Å². The zero-order valence-electron chi connectivity index (χ0n) is 16.1. The van der Waals surface area contributed by atoms with Crippen molar-refractivity contribution in [3.8, 4) is 11.5 Å². The van der Waals surface area contributed by atoms with Gasteiger partial charge in [-0.1, -0.05) is 57.6 Å². The lowest BCUT2D eigenvalue weighted by atomic mass is 10.1. The molecule has 0 aliphatic carbocycles. The third-order valence-electron chi connectivity index (χ3n) is 4.60. The van der Waals surface area contributed by atoms with Gasteiger partial charge in [-0.25, -0.2) is 0 Å². The first-order valence-corrected chi connectivity index (χ1v) is 10.7. The van der Waals surface area contributed by atoms with Crippen LogP contribution in [0.4, 0.5) is 0 Å². The minimum absolute atomic E-state index is 0.760. The second-order valence-corrected chi connectivity index (χ2v) is 7.26. The van der Waals surface area contributed by atoms with Crippen LogP contribution in [0.1, 0.15) is 64.7 Å². The summed E-state index contributed by atoms with van der Waals surface area (Å²) in [5.41, 5.74) is 0. The first-order valence-electron chi connectivity index (χ1n) is 10.2. The second kappa shape index (κ2) is 12.9. The largest absolute Gasteiger partial charge is 0.494 e. The number of hydrogen-bond donors (Lipinski definition) is 0. The van der Waals surface area contributed by atoms with Crippen molar-refractivity contribution < 1.29 is 9.47 Å². The minimum Gasteiger partial charge on any atom is -0.494 e. The molecule has 0 aliphatic heterocycles. The van der Waals surface area contributed by atoms with Crippen molar-refractivity contribution in [1.29, 1.82) is 0 Å². The van der Waals surface area contributed by atoms with Gasteiger partial charge in [-0.3, -0.25) is 0 Å². The normalized spacial score (nSPS) is 11.0. The van der Waals surface area contributed by atoms with Gasteiger partial charge in [-0.05, 0) is 54.3 Å². The summed E-state index contributed by atoms with van der Waals surface area (Å²) < 4.78 is 11.8. The van der Waals surface area contributed by atoms with E-state index in [-0.39, 0.29) is 0 Å². The molecule has 2 rings (SSSR count). The Labute approximate surface area is 163 Å². The first-order chi connectivity index (χ1) is 12.8.